The fourth-order valence-electron chi connectivity index (χ4n) is 2.34. The third-order valence-corrected chi connectivity index (χ3v) is 3.29. The highest BCUT2D eigenvalue weighted by Gasteiger charge is 2.13. The van der Waals surface area contributed by atoms with Crippen LogP contribution in [-0.2, 0) is 6.54 Å². The number of nitrogens with zero attached hydrogens (tertiary/aromatic N) is 1. The van der Waals surface area contributed by atoms with Gasteiger partial charge in [-0.2, -0.15) is 0 Å². The van der Waals surface area contributed by atoms with Crippen molar-refractivity contribution in [3.63, 3.8) is 0 Å². The van der Waals surface area contributed by atoms with Gasteiger partial charge in [0.25, 0.3) is 0 Å². The van der Waals surface area contributed by atoms with Gasteiger partial charge >= 0.3 is 0 Å². The molecule has 1 aromatic heterocycles. The van der Waals surface area contributed by atoms with Gasteiger partial charge in [-0.15, -0.1) is 0 Å². The minimum Gasteiger partial charge on any atom is -0.468 e. The third kappa shape index (κ3) is 3.65. The molecule has 2 rings (SSSR count). The molecule has 1 aliphatic rings. The predicted octanol–water partition coefficient (Wildman–Crippen LogP) is 2.24. The number of nitrogens with one attached hydrogen (secondary N) is 1. The molecular formula is C13H22N2O. The molecule has 90 valence electrons. The van der Waals surface area contributed by atoms with E-state index in [4.69, 9.17) is 4.42 Å². The van der Waals surface area contributed by atoms with E-state index in [1.165, 1.54) is 25.7 Å². The van der Waals surface area contributed by atoms with Gasteiger partial charge in [0, 0.05) is 19.1 Å². The molecule has 0 bridgehead atoms. The fourth-order valence-corrected chi connectivity index (χ4v) is 2.34. The fraction of sp³-hybridized carbons (Fsp3) is 0.692. The number of hydrogen-bond donors (Lipinski definition) is 1. The highest BCUT2D eigenvalue weighted by molar-refractivity contribution is 4.97. The zero-order chi connectivity index (χ0) is 11.2. The van der Waals surface area contributed by atoms with Gasteiger partial charge in [-0.3, -0.25) is 4.90 Å². The zero-order valence-electron chi connectivity index (χ0n) is 10.1. The summed E-state index contributed by atoms with van der Waals surface area (Å²) in [7, 11) is 2.14. The van der Waals surface area contributed by atoms with Crippen LogP contribution in [0.1, 0.15) is 31.4 Å². The maximum absolute atomic E-state index is 5.32. The van der Waals surface area contributed by atoms with Crippen LogP contribution < -0.4 is 5.32 Å². The molecule has 16 heavy (non-hydrogen) atoms. The summed E-state index contributed by atoms with van der Waals surface area (Å²) < 4.78 is 5.32. The van der Waals surface area contributed by atoms with E-state index in [0.29, 0.717) is 0 Å². The van der Waals surface area contributed by atoms with Crippen molar-refractivity contribution in [1.29, 1.82) is 0 Å². The van der Waals surface area contributed by atoms with E-state index in [0.717, 1.165) is 31.4 Å². The molecule has 1 aliphatic carbocycles. The number of likely N-dealkylation sites (N-methyl/N-ethyl adjacent to an activating group) is 1. The van der Waals surface area contributed by atoms with E-state index in [-0.39, 0.29) is 0 Å². The lowest BCUT2D eigenvalue weighted by molar-refractivity contribution is 0.289. The van der Waals surface area contributed by atoms with Crippen LogP contribution in [0.2, 0.25) is 0 Å². The lowest BCUT2D eigenvalue weighted by Crippen LogP contribution is -2.34. The molecule has 1 N–H and O–H groups in total. The predicted molar refractivity (Wildman–Crippen MR) is 65.3 cm³/mol. The number of furan rings is 1. The second-order valence-corrected chi connectivity index (χ2v) is 4.75. The van der Waals surface area contributed by atoms with Crippen LogP contribution in [0.3, 0.4) is 0 Å². The van der Waals surface area contributed by atoms with Crippen LogP contribution in [0.25, 0.3) is 0 Å². The first kappa shape index (κ1) is 11.7. The summed E-state index contributed by atoms with van der Waals surface area (Å²) in [5.41, 5.74) is 0. The Morgan fingerprint density at radius 1 is 1.44 bits per heavy atom. The van der Waals surface area contributed by atoms with E-state index in [9.17, 15) is 0 Å². The van der Waals surface area contributed by atoms with Gasteiger partial charge in [-0.1, -0.05) is 12.8 Å². The molecule has 1 heterocycles. The van der Waals surface area contributed by atoms with Crippen molar-refractivity contribution in [2.75, 3.05) is 20.1 Å². The zero-order valence-corrected chi connectivity index (χ0v) is 10.1. The van der Waals surface area contributed by atoms with Gasteiger partial charge in [-0.25, -0.2) is 0 Å². The summed E-state index contributed by atoms with van der Waals surface area (Å²) in [5.74, 6) is 1.04. The standard InChI is InChI=1S/C13H22N2O/c1-15(11-13-7-4-10-16-13)9-8-14-12-5-2-3-6-12/h4,7,10,12,14H,2-3,5-6,8-9,11H2,1H3. The molecule has 3 nitrogen and oxygen atoms in total. The van der Waals surface area contributed by atoms with E-state index in [2.05, 4.69) is 17.3 Å². The van der Waals surface area contributed by atoms with E-state index < -0.39 is 0 Å². The minimum atomic E-state index is 0.775. The number of rotatable bonds is 6. The monoisotopic (exact) mass is 222 g/mol. The van der Waals surface area contributed by atoms with Crippen molar-refractivity contribution >= 4 is 0 Å². The molecule has 0 aliphatic heterocycles. The molecular weight excluding hydrogens is 200 g/mol. The highest BCUT2D eigenvalue weighted by atomic mass is 16.3. The van der Waals surface area contributed by atoms with Crippen LogP contribution in [0, 0.1) is 0 Å². The molecule has 0 unspecified atom stereocenters. The molecule has 1 aromatic rings. The molecule has 1 fully saturated rings. The first-order valence-electron chi connectivity index (χ1n) is 6.29. The van der Waals surface area contributed by atoms with Crippen molar-refractivity contribution in [2.24, 2.45) is 0 Å². The SMILES string of the molecule is CN(CCNC1CCCC1)Cc1ccco1. The van der Waals surface area contributed by atoms with E-state index in [1.54, 1.807) is 6.26 Å². The van der Waals surface area contributed by atoms with Gasteiger partial charge in [0.2, 0.25) is 0 Å². The molecule has 0 saturated heterocycles. The van der Waals surface area contributed by atoms with Gasteiger partial charge in [0.15, 0.2) is 0 Å². The quantitative estimate of drug-likeness (QED) is 0.800. The van der Waals surface area contributed by atoms with Gasteiger partial charge < -0.3 is 9.73 Å². The Bertz CT molecular complexity index is 278. The third-order valence-electron chi connectivity index (χ3n) is 3.29. The second-order valence-electron chi connectivity index (χ2n) is 4.75. The van der Waals surface area contributed by atoms with Crippen LogP contribution in [0.15, 0.2) is 22.8 Å². The lowest BCUT2D eigenvalue weighted by atomic mass is 10.2. The van der Waals surface area contributed by atoms with Gasteiger partial charge in [0.1, 0.15) is 5.76 Å². The molecule has 0 amide bonds. The lowest BCUT2D eigenvalue weighted by Gasteiger charge is -2.17. The van der Waals surface area contributed by atoms with E-state index >= 15 is 0 Å². The van der Waals surface area contributed by atoms with Gasteiger partial charge in [0.05, 0.1) is 12.8 Å². The first-order valence-corrected chi connectivity index (χ1v) is 6.29. The van der Waals surface area contributed by atoms with Crippen LogP contribution in [0.5, 0.6) is 0 Å². The first-order chi connectivity index (χ1) is 7.84. The topological polar surface area (TPSA) is 28.4 Å². The Kier molecular flexibility index (Phi) is 4.43. The largest absolute Gasteiger partial charge is 0.468 e. The van der Waals surface area contributed by atoms with Crippen molar-refractivity contribution in [1.82, 2.24) is 10.2 Å². The summed E-state index contributed by atoms with van der Waals surface area (Å²) >= 11 is 0. The molecule has 3 heteroatoms. The van der Waals surface area contributed by atoms with Crippen LogP contribution in [0.4, 0.5) is 0 Å². The highest BCUT2D eigenvalue weighted by Crippen LogP contribution is 2.17. The molecule has 0 radical (unpaired) electrons. The molecule has 0 atom stereocenters. The Morgan fingerprint density at radius 2 is 2.25 bits per heavy atom. The van der Waals surface area contributed by atoms with E-state index in [1.807, 2.05) is 12.1 Å². The maximum Gasteiger partial charge on any atom is 0.117 e. The molecule has 0 spiro atoms. The minimum absolute atomic E-state index is 0.775. The van der Waals surface area contributed by atoms with Crippen LogP contribution >= 0.6 is 0 Å². The Hall–Kier alpha value is -0.800. The van der Waals surface area contributed by atoms with Crippen LogP contribution in [-0.4, -0.2) is 31.1 Å². The molecule has 0 aromatic carbocycles. The van der Waals surface area contributed by atoms with Crippen molar-refractivity contribution in [2.45, 2.75) is 38.3 Å². The normalized spacial score (nSPS) is 17.4. The summed E-state index contributed by atoms with van der Waals surface area (Å²) in [6, 6.07) is 4.75. The number of hydrogen-bond acceptors (Lipinski definition) is 3. The Balaban J connectivity index is 1.58. The Morgan fingerprint density at radius 3 is 2.94 bits per heavy atom. The maximum atomic E-state index is 5.32. The van der Waals surface area contributed by atoms with Crippen molar-refractivity contribution in [3.05, 3.63) is 24.2 Å². The van der Waals surface area contributed by atoms with Gasteiger partial charge in [-0.05, 0) is 32.0 Å². The summed E-state index contributed by atoms with van der Waals surface area (Å²) in [6.07, 6.45) is 7.27. The molecule has 1 saturated carbocycles. The van der Waals surface area contributed by atoms with Crippen molar-refractivity contribution in [3.8, 4) is 0 Å². The smallest absolute Gasteiger partial charge is 0.117 e. The summed E-state index contributed by atoms with van der Waals surface area (Å²) in [4.78, 5) is 2.29. The Labute approximate surface area is 97.8 Å². The average Bonchev–Trinajstić information content (AvgIpc) is 2.90. The summed E-state index contributed by atoms with van der Waals surface area (Å²) in [5, 5.41) is 3.62. The van der Waals surface area contributed by atoms with Crippen molar-refractivity contribution < 1.29 is 4.42 Å². The average molecular weight is 222 g/mol. The summed E-state index contributed by atoms with van der Waals surface area (Å²) in [6.45, 7) is 3.07. The second kappa shape index (κ2) is 6.06.